The summed E-state index contributed by atoms with van der Waals surface area (Å²) in [6.45, 7) is 12.1. The van der Waals surface area contributed by atoms with Gasteiger partial charge in [0.1, 0.15) is 67.1 Å². The number of ether oxygens (including phenoxy) is 6. The molecule has 0 amide bonds. The topological polar surface area (TPSA) is 335 Å². The molecule has 68 heavy (non-hydrogen) atoms. The van der Waals surface area contributed by atoms with Crippen molar-refractivity contribution in [2.24, 2.45) is 50.2 Å². The van der Waals surface area contributed by atoms with Crippen molar-refractivity contribution in [1.82, 2.24) is 0 Å². The van der Waals surface area contributed by atoms with E-state index in [1.165, 1.54) is 6.92 Å². The van der Waals surface area contributed by atoms with Gasteiger partial charge in [0.15, 0.2) is 12.6 Å². The molecule has 3 heterocycles. The third kappa shape index (κ3) is 8.07. The molecule has 0 aromatic rings. The van der Waals surface area contributed by atoms with E-state index in [0.29, 0.717) is 44.9 Å². The molecule has 20 nitrogen and oxygen atoms in total. The fourth-order valence-corrected chi connectivity index (χ4v) is 15.1. The van der Waals surface area contributed by atoms with Gasteiger partial charge in [0, 0.05) is 11.3 Å². The van der Waals surface area contributed by atoms with E-state index in [2.05, 4.69) is 40.7 Å². The summed E-state index contributed by atoms with van der Waals surface area (Å²) in [6, 6.07) is 0. The Labute approximate surface area is 396 Å². The molecule has 8 aliphatic rings. The van der Waals surface area contributed by atoms with Gasteiger partial charge < -0.3 is 94.8 Å². The number of esters is 1. The lowest BCUT2D eigenvalue weighted by atomic mass is 9.33. The van der Waals surface area contributed by atoms with Crippen LogP contribution in [0.2, 0.25) is 0 Å². The Balaban J connectivity index is 0.991. The van der Waals surface area contributed by atoms with Crippen LogP contribution in [0.1, 0.15) is 99.8 Å². The fourth-order valence-electron chi connectivity index (χ4n) is 15.1. The van der Waals surface area contributed by atoms with E-state index in [4.69, 9.17) is 28.4 Å². The maximum atomic E-state index is 15.0. The summed E-state index contributed by atoms with van der Waals surface area (Å²) >= 11 is 0. The van der Waals surface area contributed by atoms with Crippen LogP contribution in [-0.4, -0.2) is 203 Å². The van der Waals surface area contributed by atoms with Gasteiger partial charge in [-0.3, -0.25) is 4.79 Å². The molecule has 0 unspecified atom stereocenters. The number of carbonyl (C=O) groups excluding carboxylic acids is 1. The molecule has 390 valence electrons. The van der Waals surface area contributed by atoms with Gasteiger partial charge in [-0.05, 0) is 91.8 Å². The third-order valence-corrected chi connectivity index (χ3v) is 19.3. The van der Waals surface area contributed by atoms with E-state index in [1.807, 2.05) is 0 Å². The van der Waals surface area contributed by atoms with E-state index >= 15 is 0 Å². The van der Waals surface area contributed by atoms with Gasteiger partial charge in [-0.2, -0.15) is 0 Å². The van der Waals surface area contributed by atoms with Gasteiger partial charge in [0.25, 0.3) is 0 Å². The lowest BCUT2D eigenvalue weighted by Crippen LogP contribution is -2.71. The quantitative estimate of drug-likeness (QED) is 0.0885. The number of hydrogen-bond acceptors (Lipinski definition) is 20. The second kappa shape index (κ2) is 18.5. The van der Waals surface area contributed by atoms with E-state index < -0.39 is 169 Å². The van der Waals surface area contributed by atoms with Crippen LogP contribution < -0.4 is 0 Å². The molecule has 7 fully saturated rings. The summed E-state index contributed by atoms with van der Waals surface area (Å²) in [5, 5.41) is 142. The van der Waals surface area contributed by atoms with Gasteiger partial charge in [0.2, 0.25) is 6.29 Å². The summed E-state index contributed by atoms with van der Waals surface area (Å²) in [5.74, 6) is -1.51. The van der Waals surface area contributed by atoms with E-state index in [-0.39, 0.29) is 23.7 Å². The smallest absolute Gasteiger partial charge is 0.315 e. The first-order valence-corrected chi connectivity index (χ1v) is 24.5. The number of aliphatic hydroxyl groups excluding tert-OH is 13. The number of rotatable bonds is 9. The molecule has 0 spiro atoms. The summed E-state index contributed by atoms with van der Waals surface area (Å²) in [7, 11) is 0. The Morgan fingerprint density at radius 2 is 1.29 bits per heavy atom. The summed E-state index contributed by atoms with van der Waals surface area (Å²) in [5.41, 5.74) is -3.01. The van der Waals surface area contributed by atoms with Gasteiger partial charge >= 0.3 is 5.97 Å². The zero-order valence-corrected chi connectivity index (χ0v) is 40.2. The number of carbonyl (C=O) groups is 1. The van der Waals surface area contributed by atoms with Crippen molar-refractivity contribution in [3.8, 4) is 0 Å². The monoisotopic (exact) mass is 975 g/mol. The molecule has 4 saturated carbocycles. The van der Waals surface area contributed by atoms with Crippen LogP contribution in [0, 0.1) is 50.2 Å². The Bertz CT molecular complexity index is 1870. The molecular weight excluding hydrogens is 897 g/mol. The highest BCUT2D eigenvalue weighted by atomic mass is 16.8. The van der Waals surface area contributed by atoms with Gasteiger partial charge in [0.05, 0.1) is 49.7 Å². The lowest BCUT2D eigenvalue weighted by Gasteiger charge is -2.72. The molecule has 13 N–H and O–H groups in total. The van der Waals surface area contributed by atoms with Crippen LogP contribution in [0.15, 0.2) is 11.6 Å². The van der Waals surface area contributed by atoms with Crippen LogP contribution in [0.3, 0.4) is 0 Å². The number of hydrogen-bond donors (Lipinski definition) is 13. The predicted molar refractivity (Wildman–Crippen MR) is 233 cm³/mol. The van der Waals surface area contributed by atoms with Crippen molar-refractivity contribution >= 4 is 5.97 Å². The molecule has 0 aromatic heterocycles. The third-order valence-electron chi connectivity index (χ3n) is 19.3. The Kier molecular flexibility index (Phi) is 14.3. The first-order chi connectivity index (χ1) is 31.7. The minimum absolute atomic E-state index is 0.0494. The maximum Gasteiger partial charge on any atom is 0.315 e. The van der Waals surface area contributed by atoms with Crippen molar-refractivity contribution in [2.45, 2.75) is 210 Å². The van der Waals surface area contributed by atoms with E-state index in [1.54, 1.807) is 6.92 Å². The van der Waals surface area contributed by atoms with Crippen LogP contribution in [0.4, 0.5) is 0 Å². The highest BCUT2D eigenvalue weighted by Gasteiger charge is 2.73. The van der Waals surface area contributed by atoms with Crippen LogP contribution in [0.25, 0.3) is 0 Å². The highest BCUT2D eigenvalue weighted by Crippen LogP contribution is 2.76. The Morgan fingerprint density at radius 1 is 0.676 bits per heavy atom. The molecule has 3 saturated heterocycles. The number of allylic oxidation sites excluding steroid dienone is 2. The molecule has 0 aromatic carbocycles. The number of fused-ring (bicyclic) bond motifs is 7. The van der Waals surface area contributed by atoms with Crippen molar-refractivity contribution in [3.63, 3.8) is 0 Å². The molecular formula is C48H78O20. The molecule has 3 aliphatic heterocycles. The minimum atomic E-state index is -1.89. The van der Waals surface area contributed by atoms with E-state index in [9.17, 15) is 71.2 Å². The Hall–Kier alpha value is -1.51. The van der Waals surface area contributed by atoms with Crippen molar-refractivity contribution in [1.29, 1.82) is 0 Å². The average Bonchev–Trinajstić information content (AvgIpc) is 3.28. The van der Waals surface area contributed by atoms with Crippen LogP contribution in [-0.2, 0) is 33.2 Å². The summed E-state index contributed by atoms with van der Waals surface area (Å²) in [4.78, 5) is 15.0. The summed E-state index contributed by atoms with van der Waals surface area (Å²) in [6.07, 6.45) is -21.7. The molecule has 8 rings (SSSR count). The van der Waals surface area contributed by atoms with Crippen molar-refractivity contribution in [3.05, 3.63) is 11.6 Å². The Morgan fingerprint density at radius 3 is 1.96 bits per heavy atom. The van der Waals surface area contributed by atoms with Crippen LogP contribution >= 0.6 is 0 Å². The molecule has 26 atom stereocenters. The minimum Gasteiger partial charge on any atom is -0.432 e. The zero-order valence-electron chi connectivity index (χ0n) is 40.2. The molecule has 0 bridgehead atoms. The number of aliphatic hydroxyl groups is 13. The largest absolute Gasteiger partial charge is 0.432 e. The molecule has 20 heteroatoms. The van der Waals surface area contributed by atoms with Gasteiger partial charge in [-0.15, -0.1) is 0 Å². The van der Waals surface area contributed by atoms with Crippen molar-refractivity contribution < 1.29 is 99.6 Å². The second-order valence-corrected chi connectivity index (χ2v) is 23.7. The zero-order chi connectivity index (χ0) is 50.0. The lowest BCUT2D eigenvalue weighted by molar-refractivity contribution is -0.361. The predicted octanol–water partition coefficient (Wildman–Crippen LogP) is -1.92. The SMILES string of the molecule is C[C@@H]1O[C@H](O[C@@H]2[C@@H](O)[C@H](O)[C@@H](OC[C@@H]3O[C@H](OC(=O)[C@]45CCC(C)(C)C[C@H]4C4=CC[C@@H]6[C@]7(C)C[C@H](O)[C@@H](O)[C@@](C)(CO)[C@@H]7[C@@H](O)C[C@@]6(C)[C@]4(C)CC5)[C@@H](O)[C@H](O)[C@H]3O)O[C@H]2CO)[C@@H](O)[C@H](O)[C@H]1O. The van der Waals surface area contributed by atoms with Gasteiger partial charge in [-0.1, -0.05) is 53.2 Å². The first kappa shape index (κ1) is 52.8. The fraction of sp³-hybridized carbons (Fsp3) is 0.938. The standard InChI is InChI=1S/C48H78O20/c1-20-28(53)30(55)33(58)40(64-20)67-36-25(17-49)65-39(35(60)32(36)57)63-18-26-29(54)31(56)34(59)41(66-26)68-42(62)48-12-10-43(2,3)14-22(48)21-8-9-27-44(4)15-24(52)38(61)45(5,19-50)37(44)23(51)16-47(27,7)46(21,6)11-13-48/h8,20,22-41,49-61H,9-19H2,1-7H3/t20-,22-,23-,24-,25-,26-,27+,28-,29-,30+,31+,32-,33-,34-,35-,36-,37+,38+,39-,40+,41+,44-,45-,46+,47+,48-/m0/s1. The average molecular weight is 975 g/mol. The molecule has 0 radical (unpaired) electrons. The normalized spacial score (nSPS) is 55.7. The summed E-state index contributed by atoms with van der Waals surface area (Å²) < 4.78 is 34.6. The molecule has 5 aliphatic carbocycles. The highest BCUT2D eigenvalue weighted by molar-refractivity contribution is 5.79. The van der Waals surface area contributed by atoms with Crippen molar-refractivity contribution in [2.75, 3.05) is 19.8 Å². The van der Waals surface area contributed by atoms with Gasteiger partial charge in [-0.25, -0.2) is 0 Å². The van der Waals surface area contributed by atoms with E-state index in [0.717, 1.165) is 5.57 Å². The second-order valence-electron chi connectivity index (χ2n) is 23.7. The maximum absolute atomic E-state index is 15.0. The first-order valence-electron chi connectivity index (χ1n) is 24.5. The van der Waals surface area contributed by atoms with Crippen LogP contribution in [0.5, 0.6) is 0 Å².